The Kier molecular flexibility index (Phi) is 5.70. The van der Waals surface area contributed by atoms with Crippen molar-refractivity contribution in [1.29, 1.82) is 0 Å². The first kappa shape index (κ1) is 13.7. The minimum absolute atomic E-state index is 0.0685. The summed E-state index contributed by atoms with van der Waals surface area (Å²) in [6.07, 6.45) is 2.30. The van der Waals surface area contributed by atoms with E-state index in [0.717, 1.165) is 18.4 Å². The van der Waals surface area contributed by atoms with Gasteiger partial charge in [0.25, 0.3) is 0 Å². The van der Waals surface area contributed by atoms with E-state index in [2.05, 4.69) is 5.32 Å². The van der Waals surface area contributed by atoms with E-state index in [-0.39, 0.29) is 18.0 Å². The fourth-order valence-corrected chi connectivity index (χ4v) is 1.72. The maximum Gasteiger partial charge on any atom is 0.220 e. The van der Waals surface area contributed by atoms with Crippen molar-refractivity contribution >= 4 is 5.91 Å². The second-order valence-electron chi connectivity index (χ2n) is 4.57. The van der Waals surface area contributed by atoms with Crippen molar-refractivity contribution in [1.82, 2.24) is 5.32 Å². The third-order valence-electron chi connectivity index (χ3n) is 2.74. The number of rotatable bonds is 6. The van der Waals surface area contributed by atoms with E-state index in [9.17, 15) is 4.79 Å². The Morgan fingerprint density at radius 3 is 2.53 bits per heavy atom. The molecule has 0 aromatic heterocycles. The number of hydrogen-bond donors (Lipinski definition) is 2. The smallest absolute Gasteiger partial charge is 0.220 e. The minimum Gasteiger partial charge on any atom is -0.350 e. The fraction of sp³-hybridized carbons (Fsp3) is 0.500. The third kappa shape index (κ3) is 5.50. The number of carbonyl (C=O) groups excluding carboxylic acids is 1. The molecular formula is C14H22N2O. The summed E-state index contributed by atoms with van der Waals surface area (Å²) in [5.74, 6) is 0.0991. The Morgan fingerprint density at radius 1 is 1.29 bits per heavy atom. The van der Waals surface area contributed by atoms with Crippen molar-refractivity contribution in [3.8, 4) is 0 Å². The lowest BCUT2D eigenvalue weighted by Gasteiger charge is -2.14. The van der Waals surface area contributed by atoms with Crippen molar-refractivity contribution in [2.24, 2.45) is 5.73 Å². The largest absolute Gasteiger partial charge is 0.350 e. The quantitative estimate of drug-likeness (QED) is 0.794. The summed E-state index contributed by atoms with van der Waals surface area (Å²) >= 11 is 0. The summed E-state index contributed by atoms with van der Waals surface area (Å²) < 4.78 is 0. The van der Waals surface area contributed by atoms with E-state index < -0.39 is 0 Å². The highest BCUT2D eigenvalue weighted by atomic mass is 16.1. The molecule has 1 rings (SSSR count). The van der Waals surface area contributed by atoms with Gasteiger partial charge in [-0.25, -0.2) is 0 Å². The van der Waals surface area contributed by atoms with Crippen LogP contribution in [0.5, 0.6) is 0 Å². The predicted molar refractivity (Wildman–Crippen MR) is 70.5 cm³/mol. The van der Waals surface area contributed by atoms with Gasteiger partial charge in [0.15, 0.2) is 0 Å². The molecule has 2 atom stereocenters. The van der Waals surface area contributed by atoms with Gasteiger partial charge in [0.2, 0.25) is 5.91 Å². The summed E-state index contributed by atoms with van der Waals surface area (Å²) in [7, 11) is 0. The molecular weight excluding hydrogens is 212 g/mol. The molecule has 1 amide bonds. The molecule has 0 bridgehead atoms. The van der Waals surface area contributed by atoms with Crippen LogP contribution < -0.4 is 11.1 Å². The van der Waals surface area contributed by atoms with Crippen LogP contribution in [0.4, 0.5) is 0 Å². The summed E-state index contributed by atoms with van der Waals surface area (Å²) in [5, 5.41) is 2.99. The van der Waals surface area contributed by atoms with Crippen LogP contribution in [0.2, 0.25) is 0 Å². The Hall–Kier alpha value is -1.35. The van der Waals surface area contributed by atoms with Crippen LogP contribution in [0.25, 0.3) is 0 Å². The van der Waals surface area contributed by atoms with Gasteiger partial charge in [-0.2, -0.15) is 0 Å². The van der Waals surface area contributed by atoms with Gasteiger partial charge < -0.3 is 11.1 Å². The molecule has 0 heterocycles. The molecule has 0 radical (unpaired) electrons. The second kappa shape index (κ2) is 7.07. The fourth-order valence-electron chi connectivity index (χ4n) is 1.72. The first-order valence-corrected chi connectivity index (χ1v) is 6.19. The molecule has 1 aromatic rings. The molecule has 3 N–H and O–H groups in total. The van der Waals surface area contributed by atoms with E-state index in [1.165, 1.54) is 0 Å². The Balaban J connectivity index is 2.31. The first-order valence-electron chi connectivity index (χ1n) is 6.19. The summed E-state index contributed by atoms with van der Waals surface area (Å²) in [5.41, 5.74) is 6.77. The average molecular weight is 234 g/mol. The normalized spacial score (nSPS) is 14.1. The second-order valence-corrected chi connectivity index (χ2v) is 4.57. The van der Waals surface area contributed by atoms with Crippen LogP contribution in [0.3, 0.4) is 0 Å². The van der Waals surface area contributed by atoms with Gasteiger partial charge in [-0.05, 0) is 32.3 Å². The van der Waals surface area contributed by atoms with Crippen LogP contribution in [0, 0.1) is 0 Å². The molecule has 0 aliphatic heterocycles. The molecule has 3 nitrogen and oxygen atoms in total. The molecule has 17 heavy (non-hydrogen) atoms. The van der Waals surface area contributed by atoms with E-state index in [4.69, 9.17) is 5.73 Å². The van der Waals surface area contributed by atoms with E-state index in [1.54, 1.807) is 0 Å². The molecule has 2 unspecified atom stereocenters. The predicted octanol–water partition coefficient (Wildman–Crippen LogP) is 2.38. The van der Waals surface area contributed by atoms with Crippen LogP contribution in [0.15, 0.2) is 30.3 Å². The number of hydrogen-bond acceptors (Lipinski definition) is 2. The number of nitrogens with two attached hydrogens (primary N) is 1. The van der Waals surface area contributed by atoms with Crippen molar-refractivity contribution in [2.45, 2.75) is 45.2 Å². The number of carbonyl (C=O) groups is 1. The minimum atomic E-state index is 0.0685. The van der Waals surface area contributed by atoms with Crippen LogP contribution in [0.1, 0.15) is 44.7 Å². The number of amides is 1. The zero-order chi connectivity index (χ0) is 12.7. The summed E-state index contributed by atoms with van der Waals surface area (Å²) in [6.45, 7) is 3.96. The number of benzene rings is 1. The molecule has 0 fully saturated rings. The molecule has 0 spiro atoms. The van der Waals surface area contributed by atoms with Crippen molar-refractivity contribution in [3.05, 3.63) is 35.9 Å². The highest BCUT2D eigenvalue weighted by Crippen LogP contribution is 2.11. The Bertz CT molecular complexity index is 335. The third-order valence-corrected chi connectivity index (χ3v) is 2.74. The zero-order valence-electron chi connectivity index (χ0n) is 10.6. The summed E-state index contributed by atoms with van der Waals surface area (Å²) in [4.78, 5) is 11.7. The van der Waals surface area contributed by atoms with Gasteiger partial charge in [0.1, 0.15) is 0 Å². The van der Waals surface area contributed by atoms with Crippen molar-refractivity contribution < 1.29 is 4.79 Å². The highest BCUT2D eigenvalue weighted by molar-refractivity contribution is 5.76. The SMILES string of the molecule is CC(N)CCCC(=O)NC(C)c1ccccc1. The topological polar surface area (TPSA) is 55.1 Å². The molecule has 3 heteroatoms. The van der Waals surface area contributed by atoms with Crippen molar-refractivity contribution in [3.63, 3.8) is 0 Å². The molecule has 0 aliphatic rings. The van der Waals surface area contributed by atoms with Crippen molar-refractivity contribution in [2.75, 3.05) is 0 Å². The van der Waals surface area contributed by atoms with Gasteiger partial charge in [-0.15, -0.1) is 0 Å². The number of nitrogens with one attached hydrogen (secondary N) is 1. The van der Waals surface area contributed by atoms with E-state index in [1.807, 2.05) is 44.2 Å². The molecule has 94 valence electrons. The lowest BCUT2D eigenvalue weighted by atomic mass is 10.1. The lowest BCUT2D eigenvalue weighted by molar-refractivity contribution is -0.121. The van der Waals surface area contributed by atoms with Gasteiger partial charge in [0.05, 0.1) is 6.04 Å². The van der Waals surface area contributed by atoms with E-state index >= 15 is 0 Å². The average Bonchev–Trinajstić information content (AvgIpc) is 2.29. The molecule has 0 saturated carbocycles. The van der Waals surface area contributed by atoms with Gasteiger partial charge >= 0.3 is 0 Å². The Morgan fingerprint density at radius 2 is 1.94 bits per heavy atom. The Labute approximate surface area is 103 Å². The molecule has 0 aliphatic carbocycles. The van der Waals surface area contributed by atoms with Crippen LogP contribution in [-0.4, -0.2) is 11.9 Å². The first-order chi connectivity index (χ1) is 8.09. The highest BCUT2D eigenvalue weighted by Gasteiger charge is 2.08. The summed E-state index contributed by atoms with van der Waals surface area (Å²) in [6, 6.07) is 10.2. The van der Waals surface area contributed by atoms with Gasteiger partial charge in [-0.1, -0.05) is 30.3 Å². The standard InChI is InChI=1S/C14H22N2O/c1-11(15)7-6-10-14(17)16-12(2)13-8-4-3-5-9-13/h3-5,8-9,11-12H,6-7,10,15H2,1-2H3,(H,16,17). The maximum absolute atomic E-state index is 11.7. The monoisotopic (exact) mass is 234 g/mol. The van der Waals surface area contributed by atoms with Crippen LogP contribution in [-0.2, 0) is 4.79 Å². The zero-order valence-corrected chi connectivity index (χ0v) is 10.6. The molecule has 0 saturated heterocycles. The maximum atomic E-state index is 11.7. The van der Waals surface area contributed by atoms with Gasteiger partial charge in [0, 0.05) is 12.5 Å². The molecule has 1 aromatic carbocycles. The van der Waals surface area contributed by atoms with Gasteiger partial charge in [-0.3, -0.25) is 4.79 Å². The van der Waals surface area contributed by atoms with Crippen LogP contribution >= 0.6 is 0 Å². The van der Waals surface area contributed by atoms with E-state index in [0.29, 0.717) is 6.42 Å². The lowest BCUT2D eigenvalue weighted by Crippen LogP contribution is -2.26.